The van der Waals surface area contributed by atoms with E-state index in [1.807, 2.05) is 0 Å². The number of hydrogen-bond acceptors (Lipinski definition) is 1. The Kier molecular flexibility index (Phi) is 3.07. The Morgan fingerprint density at radius 1 is 1.36 bits per heavy atom. The van der Waals surface area contributed by atoms with Crippen LogP contribution < -0.4 is 5.73 Å². The molecule has 0 fully saturated rings. The van der Waals surface area contributed by atoms with Crippen molar-refractivity contribution < 1.29 is 0 Å². The van der Waals surface area contributed by atoms with Gasteiger partial charge in [0, 0.05) is 12.0 Å². The summed E-state index contributed by atoms with van der Waals surface area (Å²) in [6.07, 6.45) is 5.75. The maximum atomic E-state index is 5.84. The van der Waals surface area contributed by atoms with Gasteiger partial charge in [0.05, 0.1) is 8.07 Å². The van der Waals surface area contributed by atoms with Crippen molar-refractivity contribution in [2.45, 2.75) is 39.9 Å². The Hall–Kier alpha value is -0.343. The molecule has 0 amide bonds. The second-order valence-corrected chi connectivity index (χ2v) is 10.9. The summed E-state index contributed by atoms with van der Waals surface area (Å²) in [5.41, 5.74) is 7.51. The van der Waals surface area contributed by atoms with Gasteiger partial charge in [-0.25, -0.2) is 0 Å². The molecule has 0 aromatic heterocycles. The summed E-state index contributed by atoms with van der Waals surface area (Å²) in [7, 11) is -1.15. The Morgan fingerprint density at radius 2 is 1.93 bits per heavy atom. The van der Waals surface area contributed by atoms with E-state index in [0.717, 1.165) is 13.0 Å². The molecule has 0 atom stereocenters. The summed E-state index contributed by atoms with van der Waals surface area (Å²) < 4.78 is 0. The van der Waals surface area contributed by atoms with Crippen molar-refractivity contribution in [3.63, 3.8) is 0 Å². The maximum Gasteiger partial charge on any atom is 0.0732 e. The highest BCUT2D eigenvalue weighted by molar-refractivity contribution is 6.83. The first-order valence-corrected chi connectivity index (χ1v) is 8.90. The summed E-state index contributed by atoms with van der Waals surface area (Å²) in [5, 5.41) is 1.69. The third kappa shape index (κ3) is 2.18. The van der Waals surface area contributed by atoms with E-state index in [1.54, 1.807) is 5.20 Å². The summed E-state index contributed by atoms with van der Waals surface area (Å²) in [5.74, 6) is 0. The lowest BCUT2D eigenvalue weighted by Gasteiger charge is -2.30. The number of allylic oxidation sites excluding steroid dienone is 3. The minimum atomic E-state index is -1.15. The lowest BCUT2D eigenvalue weighted by atomic mass is 9.85. The van der Waals surface area contributed by atoms with E-state index in [4.69, 9.17) is 5.73 Å². The molecule has 0 unspecified atom stereocenters. The average Bonchev–Trinajstić information content (AvgIpc) is 2.51. The van der Waals surface area contributed by atoms with Crippen LogP contribution in [0.25, 0.3) is 0 Å². The highest BCUT2D eigenvalue weighted by Crippen LogP contribution is 2.37. The summed E-state index contributed by atoms with van der Waals surface area (Å²) in [6.45, 7) is 12.5. The van der Waals surface area contributed by atoms with Gasteiger partial charge in [0.25, 0.3) is 0 Å². The molecule has 0 spiro atoms. The van der Waals surface area contributed by atoms with Crippen LogP contribution in [0.1, 0.15) is 20.3 Å². The number of rotatable bonds is 3. The van der Waals surface area contributed by atoms with E-state index in [1.165, 1.54) is 5.57 Å². The Morgan fingerprint density at radius 3 is 2.36 bits per heavy atom. The minimum Gasteiger partial charge on any atom is -0.330 e. The monoisotopic (exact) mass is 209 g/mol. The Bertz CT molecular complexity index is 279. The van der Waals surface area contributed by atoms with E-state index in [2.05, 4.69) is 45.6 Å². The standard InChI is InChI=1S/C12H23NSi/c1-12(2,9-13)10-7-6-8-11(10)14(3,4)5/h6-7H,8-9,13H2,1-5H3. The van der Waals surface area contributed by atoms with Crippen LogP contribution in [0.15, 0.2) is 22.9 Å². The van der Waals surface area contributed by atoms with Crippen LogP contribution in [0.2, 0.25) is 19.6 Å². The van der Waals surface area contributed by atoms with Crippen LogP contribution in [0, 0.1) is 5.41 Å². The smallest absolute Gasteiger partial charge is 0.0732 e. The predicted octanol–water partition coefficient (Wildman–Crippen LogP) is 3.11. The van der Waals surface area contributed by atoms with Gasteiger partial charge in [-0.3, -0.25) is 0 Å². The molecule has 1 rings (SSSR count). The van der Waals surface area contributed by atoms with Gasteiger partial charge < -0.3 is 5.73 Å². The van der Waals surface area contributed by atoms with E-state index < -0.39 is 8.07 Å². The molecular weight excluding hydrogens is 186 g/mol. The molecule has 0 bridgehead atoms. The number of hydrogen-bond donors (Lipinski definition) is 1. The van der Waals surface area contributed by atoms with E-state index in [-0.39, 0.29) is 5.41 Å². The average molecular weight is 209 g/mol. The molecule has 2 heteroatoms. The second kappa shape index (κ2) is 3.67. The quantitative estimate of drug-likeness (QED) is 0.710. The van der Waals surface area contributed by atoms with Crippen molar-refractivity contribution in [2.75, 3.05) is 6.54 Å². The van der Waals surface area contributed by atoms with Gasteiger partial charge >= 0.3 is 0 Å². The first-order valence-electron chi connectivity index (χ1n) is 5.40. The van der Waals surface area contributed by atoms with Crippen LogP contribution in [0.5, 0.6) is 0 Å². The molecule has 0 saturated heterocycles. The third-order valence-corrected chi connectivity index (χ3v) is 5.36. The van der Waals surface area contributed by atoms with Gasteiger partial charge in [0.1, 0.15) is 0 Å². The van der Waals surface area contributed by atoms with E-state index in [9.17, 15) is 0 Å². The predicted molar refractivity (Wildman–Crippen MR) is 67.0 cm³/mol. The summed E-state index contributed by atoms with van der Waals surface area (Å²) >= 11 is 0. The highest BCUT2D eigenvalue weighted by Gasteiger charge is 2.30. The molecule has 0 saturated carbocycles. The molecular formula is C12H23NSi. The van der Waals surface area contributed by atoms with Gasteiger partial charge in [0.15, 0.2) is 0 Å². The zero-order valence-corrected chi connectivity index (χ0v) is 11.1. The molecule has 1 aliphatic carbocycles. The van der Waals surface area contributed by atoms with Crippen LogP contribution in [0.4, 0.5) is 0 Å². The van der Waals surface area contributed by atoms with Crippen LogP contribution in [-0.2, 0) is 0 Å². The molecule has 2 N–H and O–H groups in total. The molecule has 14 heavy (non-hydrogen) atoms. The fourth-order valence-corrected chi connectivity index (χ4v) is 3.92. The Balaban J connectivity index is 3.11. The molecule has 1 aliphatic rings. The Labute approximate surface area is 89.1 Å². The molecule has 1 nitrogen and oxygen atoms in total. The van der Waals surface area contributed by atoms with E-state index >= 15 is 0 Å². The van der Waals surface area contributed by atoms with Crippen LogP contribution >= 0.6 is 0 Å². The normalized spacial score (nSPS) is 18.1. The van der Waals surface area contributed by atoms with Crippen molar-refractivity contribution >= 4 is 8.07 Å². The fourth-order valence-electron chi connectivity index (χ4n) is 1.96. The fraction of sp³-hybridized carbons (Fsp3) is 0.667. The molecule has 0 aromatic rings. The summed E-state index contributed by atoms with van der Waals surface area (Å²) in [6, 6.07) is 0. The van der Waals surface area contributed by atoms with Crippen LogP contribution in [-0.4, -0.2) is 14.6 Å². The van der Waals surface area contributed by atoms with Gasteiger partial charge in [-0.1, -0.05) is 50.8 Å². The zero-order chi connectivity index (χ0) is 11.0. The van der Waals surface area contributed by atoms with Crippen molar-refractivity contribution in [2.24, 2.45) is 11.1 Å². The topological polar surface area (TPSA) is 26.0 Å². The first-order chi connectivity index (χ1) is 6.29. The molecule has 0 heterocycles. The SMILES string of the molecule is CC(C)(CN)C1=C([Si](C)(C)C)CC=C1. The molecule has 0 radical (unpaired) electrons. The van der Waals surface area contributed by atoms with Crippen molar-refractivity contribution in [1.82, 2.24) is 0 Å². The van der Waals surface area contributed by atoms with Crippen molar-refractivity contribution in [3.8, 4) is 0 Å². The van der Waals surface area contributed by atoms with Crippen molar-refractivity contribution in [1.29, 1.82) is 0 Å². The van der Waals surface area contributed by atoms with Crippen molar-refractivity contribution in [3.05, 3.63) is 22.9 Å². The minimum absolute atomic E-state index is 0.155. The van der Waals surface area contributed by atoms with Crippen LogP contribution in [0.3, 0.4) is 0 Å². The number of nitrogens with two attached hydrogens (primary N) is 1. The first kappa shape index (κ1) is 11.7. The largest absolute Gasteiger partial charge is 0.330 e. The lowest BCUT2D eigenvalue weighted by Crippen LogP contribution is -2.31. The van der Waals surface area contributed by atoms with Gasteiger partial charge in [0.2, 0.25) is 0 Å². The van der Waals surface area contributed by atoms with Gasteiger partial charge in [-0.2, -0.15) is 0 Å². The van der Waals surface area contributed by atoms with Gasteiger partial charge in [-0.05, 0) is 12.0 Å². The molecule has 80 valence electrons. The maximum absolute atomic E-state index is 5.84. The summed E-state index contributed by atoms with van der Waals surface area (Å²) in [4.78, 5) is 0. The second-order valence-electron chi connectivity index (χ2n) is 5.84. The zero-order valence-electron chi connectivity index (χ0n) is 10.1. The molecule has 0 aromatic carbocycles. The van der Waals surface area contributed by atoms with Gasteiger partial charge in [-0.15, -0.1) is 0 Å². The lowest BCUT2D eigenvalue weighted by molar-refractivity contribution is 0.471. The van der Waals surface area contributed by atoms with E-state index in [0.29, 0.717) is 0 Å². The highest BCUT2D eigenvalue weighted by atomic mass is 28.3. The third-order valence-electron chi connectivity index (χ3n) is 3.08. The molecule has 0 aliphatic heterocycles.